The Balaban J connectivity index is 1.89. The maximum Gasteiger partial charge on any atom is 0.161 e. The molecule has 0 saturated heterocycles. The van der Waals surface area contributed by atoms with Crippen molar-refractivity contribution in [2.24, 2.45) is 5.73 Å². The minimum Gasteiger partial charge on any atom is -0.486 e. The van der Waals surface area contributed by atoms with Gasteiger partial charge < -0.3 is 15.2 Å². The Kier molecular flexibility index (Phi) is 4.26. The molecule has 94 valence electrons. The van der Waals surface area contributed by atoms with Crippen LogP contribution in [0.4, 0.5) is 0 Å². The normalized spacial score (nSPS) is 15.6. The van der Waals surface area contributed by atoms with Gasteiger partial charge in [0.2, 0.25) is 0 Å². The van der Waals surface area contributed by atoms with Crippen LogP contribution in [-0.2, 0) is 6.42 Å². The minimum atomic E-state index is 0.340. The topological polar surface area (TPSA) is 44.5 Å². The van der Waals surface area contributed by atoms with Crippen LogP contribution in [0.2, 0.25) is 0 Å². The van der Waals surface area contributed by atoms with Crippen molar-refractivity contribution < 1.29 is 9.47 Å². The third-order valence-corrected chi connectivity index (χ3v) is 3.17. The molecule has 1 aliphatic rings. The first-order chi connectivity index (χ1) is 8.29. The largest absolute Gasteiger partial charge is 0.486 e. The van der Waals surface area contributed by atoms with Crippen LogP contribution in [-0.4, -0.2) is 19.3 Å². The number of hydrogen-bond acceptors (Lipinski definition) is 3. The molecule has 0 fully saturated rings. The molecule has 0 saturated carbocycles. The predicted octanol–water partition coefficient (Wildman–Crippen LogP) is 2.52. The lowest BCUT2D eigenvalue weighted by Gasteiger charge is -2.19. The molecular weight excluding hydrogens is 214 g/mol. The lowest BCUT2D eigenvalue weighted by Crippen LogP contribution is -2.18. The Bertz CT molecular complexity index is 365. The van der Waals surface area contributed by atoms with E-state index in [1.54, 1.807) is 0 Å². The van der Waals surface area contributed by atoms with Crippen molar-refractivity contribution in [3.05, 3.63) is 23.8 Å². The number of ether oxygens (including phenoxy) is 2. The number of hydrogen-bond donors (Lipinski definition) is 1. The van der Waals surface area contributed by atoms with E-state index in [2.05, 4.69) is 19.1 Å². The van der Waals surface area contributed by atoms with E-state index in [4.69, 9.17) is 15.2 Å². The van der Waals surface area contributed by atoms with Crippen molar-refractivity contribution in [1.82, 2.24) is 0 Å². The molecule has 1 heterocycles. The highest BCUT2D eigenvalue weighted by molar-refractivity contribution is 5.43. The summed E-state index contributed by atoms with van der Waals surface area (Å²) in [5.74, 6) is 1.75. The van der Waals surface area contributed by atoms with Gasteiger partial charge in [0.15, 0.2) is 11.5 Å². The summed E-state index contributed by atoms with van der Waals surface area (Å²) in [5, 5.41) is 0. The SMILES string of the molecule is CCC(N)CCCc1ccc2c(c1)OCCO2. The average molecular weight is 235 g/mol. The zero-order valence-corrected chi connectivity index (χ0v) is 10.4. The highest BCUT2D eigenvalue weighted by atomic mass is 16.6. The lowest BCUT2D eigenvalue weighted by molar-refractivity contribution is 0.171. The molecule has 2 rings (SSSR count). The van der Waals surface area contributed by atoms with E-state index in [-0.39, 0.29) is 0 Å². The summed E-state index contributed by atoms with van der Waals surface area (Å²) >= 11 is 0. The van der Waals surface area contributed by atoms with E-state index in [1.165, 1.54) is 5.56 Å². The van der Waals surface area contributed by atoms with Crippen LogP contribution in [0.5, 0.6) is 11.5 Å². The zero-order valence-electron chi connectivity index (χ0n) is 10.4. The first-order valence-corrected chi connectivity index (χ1v) is 6.43. The molecule has 0 radical (unpaired) electrons. The number of rotatable bonds is 5. The van der Waals surface area contributed by atoms with Gasteiger partial charge in [0, 0.05) is 6.04 Å². The van der Waals surface area contributed by atoms with Gasteiger partial charge >= 0.3 is 0 Å². The standard InChI is InChI=1S/C14H21NO2/c1-2-12(15)5-3-4-11-6-7-13-14(10-11)17-9-8-16-13/h6-7,10,12H,2-5,8-9,15H2,1H3. The molecule has 0 bridgehead atoms. The van der Waals surface area contributed by atoms with Crippen LogP contribution >= 0.6 is 0 Å². The van der Waals surface area contributed by atoms with Gasteiger partial charge in [-0.05, 0) is 43.4 Å². The summed E-state index contributed by atoms with van der Waals surface area (Å²) in [6.45, 7) is 3.43. The Morgan fingerprint density at radius 1 is 1.24 bits per heavy atom. The summed E-state index contributed by atoms with van der Waals surface area (Å²) < 4.78 is 11.1. The molecule has 17 heavy (non-hydrogen) atoms. The fourth-order valence-electron chi connectivity index (χ4n) is 2.02. The third kappa shape index (κ3) is 3.37. The van der Waals surface area contributed by atoms with Crippen molar-refractivity contribution >= 4 is 0 Å². The van der Waals surface area contributed by atoms with Gasteiger partial charge in [-0.15, -0.1) is 0 Å². The second-order valence-corrected chi connectivity index (χ2v) is 4.54. The van der Waals surface area contributed by atoms with E-state index in [1.807, 2.05) is 6.07 Å². The molecule has 1 aliphatic heterocycles. The van der Waals surface area contributed by atoms with Gasteiger partial charge in [0.25, 0.3) is 0 Å². The van der Waals surface area contributed by atoms with Gasteiger partial charge in [-0.3, -0.25) is 0 Å². The fraction of sp³-hybridized carbons (Fsp3) is 0.571. The number of fused-ring (bicyclic) bond motifs is 1. The van der Waals surface area contributed by atoms with E-state index < -0.39 is 0 Å². The van der Waals surface area contributed by atoms with Gasteiger partial charge in [-0.25, -0.2) is 0 Å². The molecule has 1 unspecified atom stereocenters. The van der Waals surface area contributed by atoms with Crippen molar-refractivity contribution in [2.45, 2.75) is 38.6 Å². The number of aryl methyl sites for hydroxylation is 1. The quantitative estimate of drug-likeness (QED) is 0.853. The number of nitrogens with two attached hydrogens (primary N) is 1. The van der Waals surface area contributed by atoms with E-state index in [0.29, 0.717) is 19.3 Å². The molecule has 1 aromatic rings. The smallest absolute Gasteiger partial charge is 0.161 e. The summed E-state index contributed by atoms with van der Waals surface area (Å²) in [5.41, 5.74) is 7.21. The Hall–Kier alpha value is -1.22. The van der Waals surface area contributed by atoms with Crippen LogP contribution in [0.15, 0.2) is 18.2 Å². The third-order valence-electron chi connectivity index (χ3n) is 3.17. The van der Waals surface area contributed by atoms with Crippen LogP contribution in [0, 0.1) is 0 Å². The highest BCUT2D eigenvalue weighted by Gasteiger charge is 2.11. The van der Waals surface area contributed by atoms with Crippen LogP contribution in [0.3, 0.4) is 0 Å². The van der Waals surface area contributed by atoms with Crippen LogP contribution < -0.4 is 15.2 Å². The van der Waals surface area contributed by atoms with Gasteiger partial charge in [0.1, 0.15) is 13.2 Å². The van der Waals surface area contributed by atoms with E-state index >= 15 is 0 Å². The van der Waals surface area contributed by atoms with Crippen molar-refractivity contribution in [3.8, 4) is 11.5 Å². The maximum atomic E-state index is 5.90. The van der Waals surface area contributed by atoms with E-state index in [0.717, 1.165) is 37.2 Å². The predicted molar refractivity (Wildman–Crippen MR) is 68.6 cm³/mol. The van der Waals surface area contributed by atoms with E-state index in [9.17, 15) is 0 Å². The summed E-state index contributed by atoms with van der Waals surface area (Å²) in [7, 11) is 0. The van der Waals surface area contributed by atoms with Gasteiger partial charge in [-0.1, -0.05) is 13.0 Å². The molecule has 3 nitrogen and oxygen atoms in total. The first-order valence-electron chi connectivity index (χ1n) is 6.43. The number of benzene rings is 1. The monoisotopic (exact) mass is 235 g/mol. The zero-order chi connectivity index (χ0) is 12.1. The maximum absolute atomic E-state index is 5.90. The summed E-state index contributed by atoms with van der Waals surface area (Å²) in [6.07, 6.45) is 4.34. The molecular formula is C14H21NO2. The summed E-state index contributed by atoms with van der Waals surface area (Å²) in [6, 6.07) is 6.55. The molecule has 3 heteroatoms. The molecule has 1 aromatic carbocycles. The Labute approximate surface area is 103 Å². The molecule has 0 aromatic heterocycles. The second-order valence-electron chi connectivity index (χ2n) is 4.54. The van der Waals surface area contributed by atoms with Gasteiger partial charge in [-0.2, -0.15) is 0 Å². The van der Waals surface area contributed by atoms with Crippen LogP contribution in [0.25, 0.3) is 0 Å². The minimum absolute atomic E-state index is 0.340. The fourth-order valence-corrected chi connectivity index (χ4v) is 2.02. The Morgan fingerprint density at radius 3 is 2.76 bits per heavy atom. The highest BCUT2D eigenvalue weighted by Crippen LogP contribution is 2.31. The van der Waals surface area contributed by atoms with Gasteiger partial charge in [0.05, 0.1) is 0 Å². The average Bonchev–Trinajstić information content (AvgIpc) is 2.38. The molecule has 2 N–H and O–H groups in total. The summed E-state index contributed by atoms with van der Waals surface area (Å²) in [4.78, 5) is 0. The molecule has 1 atom stereocenters. The van der Waals surface area contributed by atoms with Crippen LogP contribution in [0.1, 0.15) is 31.7 Å². The van der Waals surface area contributed by atoms with Crippen molar-refractivity contribution in [2.75, 3.05) is 13.2 Å². The molecule has 0 amide bonds. The Morgan fingerprint density at radius 2 is 2.00 bits per heavy atom. The van der Waals surface area contributed by atoms with Crippen molar-refractivity contribution in [3.63, 3.8) is 0 Å². The first kappa shape index (κ1) is 12.2. The van der Waals surface area contributed by atoms with Crippen molar-refractivity contribution in [1.29, 1.82) is 0 Å². The molecule has 0 spiro atoms. The molecule has 0 aliphatic carbocycles. The lowest BCUT2D eigenvalue weighted by atomic mass is 10.0. The second kappa shape index (κ2) is 5.92.